The molecule has 0 aliphatic heterocycles. The number of rotatable bonds is 3. The maximum atomic E-state index is 9.25. The molecule has 0 fully saturated rings. The van der Waals surface area contributed by atoms with Crippen LogP contribution in [-0.4, -0.2) is 5.11 Å². The first-order valence-corrected chi connectivity index (χ1v) is 4.95. The summed E-state index contributed by atoms with van der Waals surface area (Å²) >= 11 is 0. The van der Waals surface area contributed by atoms with Crippen molar-refractivity contribution in [2.75, 3.05) is 0 Å². The van der Waals surface area contributed by atoms with Gasteiger partial charge < -0.3 is 5.11 Å². The van der Waals surface area contributed by atoms with Crippen molar-refractivity contribution < 1.29 is 5.11 Å². The van der Waals surface area contributed by atoms with Crippen LogP contribution in [0.4, 0.5) is 0 Å². The van der Waals surface area contributed by atoms with Crippen LogP contribution >= 0.6 is 0 Å². The van der Waals surface area contributed by atoms with Crippen molar-refractivity contribution in [3.8, 4) is 0 Å². The second kappa shape index (κ2) is 4.43. The summed E-state index contributed by atoms with van der Waals surface area (Å²) in [5.74, 6) is 0. The molecule has 0 amide bonds. The van der Waals surface area contributed by atoms with Crippen LogP contribution in [0.2, 0.25) is 0 Å². The lowest BCUT2D eigenvalue weighted by molar-refractivity contribution is 0.279. The van der Waals surface area contributed by atoms with Gasteiger partial charge in [-0.05, 0) is 36.5 Å². The number of aliphatic hydroxyl groups is 1. The minimum Gasteiger partial charge on any atom is -0.392 e. The Kier molecular flexibility index (Phi) is 3.49. The minimum absolute atomic E-state index is 0.173. The number of aliphatic hydroxyl groups excluding tert-OH is 1. The lowest BCUT2D eigenvalue weighted by Crippen LogP contribution is -1.99. The van der Waals surface area contributed by atoms with E-state index in [4.69, 9.17) is 0 Å². The van der Waals surface area contributed by atoms with Crippen molar-refractivity contribution in [2.45, 2.75) is 40.2 Å². The molecule has 0 heterocycles. The van der Waals surface area contributed by atoms with Crippen LogP contribution in [0, 0.1) is 6.92 Å². The molecule has 0 aromatic heterocycles. The first-order valence-electron chi connectivity index (χ1n) is 4.95. The molecule has 0 spiro atoms. The molecular formula is C12H18O. The Morgan fingerprint density at radius 3 is 1.85 bits per heavy atom. The van der Waals surface area contributed by atoms with E-state index in [9.17, 15) is 5.11 Å². The van der Waals surface area contributed by atoms with Crippen molar-refractivity contribution >= 4 is 0 Å². The molecule has 0 unspecified atom stereocenters. The van der Waals surface area contributed by atoms with Gasteiger partial charge in [-0.3, -0.25) is 0 Å². The van der Waals surface area contributed by atoms with E-state index < -0.39 is 0 Å². The van der Waals surface area contributed by atoms with Gasteiger partial charge in [0.15, 0.2) is 0 Å². The van der Waals surface area contributed by atoms with Gasteiger partial charge in [-0.15, -0.1) is 0 Å². The molecule has 0 aliphatic rings. The van der Waals surface area contributed by atoms with Crippen molar-refractivity contribution in [1.29, 1.82) is 0 Å². The van der Waals surface area contributed by atoms with Crippen LogP contribution in [0.5, 0.6) is 0 Å². The molecule has 0 saturated carbocycles. The summed E-state index contributed by atoms with van der Waals surface area (Å²) in [6.45, 7) is 6.55. The first-order chi connectivity index (χ1) is 6.22. The number of benzene rings is 1. The Morgan fingerprint density at radius 2 is 1.54 bits per heavy atom. The van der Waals surface area contributed by atoms with Crippen LogP contribution in [0.25, 0.3) is 0 Å². The van der Waals surface area contributed by atoms with Gasteiger partial charge in [0.2, 0.25) is 0 Å². The lowest BCUT2D eigenvalue weighted by Gasteiger charge is -2.12. The van der Waals surface area contributed by atoms with E-state index in [1.807, 2.05) is 0 Å². The van der Waals surface area contributed by atoms with E-state index in [1.54, 1.807) is 0 Å². The molecule has 1 aromatic carbocycles. The predicted octanol–water partition coefficient (Wildman–Crippen LogP) is 2.61. The Morgan fingerprint density at radius 1 is 1.08 bits per heavy atom. The first kappa shape index (κ1) is 10.3. The molecule has 0 atom stereocenters. The smallest absolute Gasteiger partial charge is 0.0687 e. The fourth-order valence-corrected chi connectivity index (χ4v) is 1.81. The normalized spacial score (nSPS) is 10.5. The SMILES string of the molecule is CCc1cc(C)cc(CC)c1CO. The highest BCUT2D eigenvalue weighted by Crippen LogP contribution is 2.18. The zero-order chi connectivity index (χ0) is 9.84. The quantitative estimate of drug-likeness (QED) is 0.754. The van der Waals surface area contributed by atoms with Gasteiger partial charge in [-0.2, -0.15) is 0 Å². The van der Waals surface area contributed by atoms with Gasteiger partial charge >= 0.3 is 0 Å². The zero-order valence-electron chi connectivity index (χ0n) is 8.72. The maximum Gasteiger partial charge on any atom is 0.0687 e. The molecule has 0 aliphatic carbocycles. The molecule has 0 radical (unpaired) electrons. The minimum atomic E-state index is 0.173. The Balaban J connectivity index is 3.25. The average Bonchev–Trinajstić information content (AvgIpc) is 2.16. The maximum absolute atomic E-state index is 9.25. The van der Waals surface area contributed by atoms with Crippen molar-refractivity contribution in [3.05, 3.63) is 34.4 Å². The summed E-state index contributed by atoms with van der Waals surface area (Å²) in [4.78, 5) is 0. The second-order valence-electron chi connectivity index (χ2n) is 3.43. The molecule has 1 nitrogen and oxygen atoms in total. The van der Waals surface area contributed by atoms with E-state index >= 15 is 0 Å². The molecule has 1 aromatic rings. The molecule has 72 valence electrons. The second-order valence-corrected chi connectivity index (χ2v) is 3.43. The topological polar surface area (TPSA) is 20.2 Å². The third-order valence-corrected chi connectivity index (χ3v) is 2.50. The van der Waals surface area contributed by atoms with Crippen LogP contribution < -0.4 is 0 Å². The van der Waals surface area contributed by atoms with E-state index in [0.717, 1.165) is 18.4 Å². The van der Waals surface area contributed by atoms with Crippen LogP contribution in [0.1, 0.15) is 36.1 Å². The van der Waals surface area contributed by atoms with Crippen LogP contribution in [0.15, 0.2) is 12.1 Å². The van der Waals surface area contributed by atoms with Crippen molar-refractivity contribution in [1.82, 2.24) is 0 Å². The highest BCUT2D eigenvalue weighted by molar-refractivity contribution is 5.38. The zero-order valence-corrected chi connectivity index (χ0v) is 8.72. The van der Waals surface area contributed by atoms with E-state index in [0.29, 0.717) is 0 Å². The Hall–Kier alpha value is -0.820. The average molecular weight is 178 g/mol. The largest absolute Gasteiger partial charge is 0.392 e. The standard InChI is InChI=1S/C12H18O/c1-4-10-6-9(3)7-11(5-2)12(10)8-13/h6-7,13H,4-5,8H2,1-3H3. The summed E-state index contributed by atoms with van der Waals surface area (Å²) in [7, 11) is 0. The number of aryl methyl sites for hydroxylation is 3. The van der Waals surface area contributed by atoms with Crippen molar-refractivity contribution in [3.63, 3.8) is 0 Å². The van der Waals surface area contributed by atoms with Crippen LogP contribution in [0.3, 0.4) is 0 Å². The number of hydrogen-bond acceptors (Lipinski definition) is 1. The molecular weight excluding hydrogens is 160 g/mol. The van der Waals surface area contributed by atoms with E-state index in [-0.39, 0.29) is 6.61 Å². The van der Waals surface area contributed by atoms with Gasteiger partial charge in [-0.25, -0.2) is 0 Å². The highest BCUT2D eigenvalue weighted by Gasteiger charge is 2.05. The molecule has 1 heteroatoms. The molecule has 1 N–H and O–H groups in total. The van der Waals surface area contributed by atoms with Gasteiger partial charge in [0.05, 0.1) is 6.61 Å². The molecule has 1 rings (SSSR count). The van der Waals surface area contributed by atoms with Crippen LogP contribution in [-0.2, 0) is 19.4 Å². The summed E-state index contributed by atoms with van der Waals surface area (Å²) in [6, 6.07) is 4.34. The van der Waals surface area contributed by atoms with E-state index in [1.165, 1.54) is 16.7 Å². The Labute approximate surface area is 80.4 Å². The van der Waals surface area contributed by atoms with E-state index in [2.05, 4.69) is 32.9 Å². The summed E-state index contributed by atoms with van der Waals surface area (Å²) in [5.41, 5.74) is 5.01. The van der Waals surface area contributed by atoms with Gasteiger partial charge in [-0.1, -0.05) is 31.5 Å². The van der Waals surface area contributed by atoms with Crippen molar-refractivity contribution in [2.24, 2.45) is 0 Å². The third kappa shape index (κ3) is 2.10. The molecule has 13 heavy (non-hydrogen) atoms. The fraction of sp³-hybridized carbons (Fsp3) is 0.500. The third-order valence-electron chi connectivity index (χ3n) is 2.50. The summed E-state index contributed by atoms with van der Waals surface area (Å²) in [6.07, 6.45) is 2.01. The summed E-state index contributed by atoms with van der Waals surface area (Å²) < 4.78 is 0. The van der Waals surface area contributed by atoms with Gasteiger partial charge in [0.1, 0.15) is 0 Å². The monoisotopic (exact) mass is 178 g/mol. The lowest BCUT2D eigenvalue weighted by atomic mass is 9.95. The highest BCUT2D eigenvalue weighted by atomic mass is 16.3. The molecule has 0 bridgehead atoms. The fourth-order valence-electron chi connectivity index (χ4n) is 1.81. The Bertz CT molecular complexity index is 264. The predicted molar refractivity (Wildman–Crippen MR) is 55.9 cm³/mol. The van der Waals surface area contributed by atoms with Gasteiger partial charge in [0.25, 0.3) is 0 Å². The number of hydrogen-bond donors (Lipinski definition) is 1. The molecule has 0 saturated heterocycles. The summed E-state index contributed by atoms with van der Waals surface area (Å²) in [5, 5.41) is 9.25. The van der Waals surface area contributed by atoms with Gasteiger partial charge in [0, 0.05) is 0 Å².